The molecule has 3 nitrogen and oxygen atoms in total. The maximum Gasteiger partial charge on any atom is 0.129 e. The van der Waals surface area contributed by atoms with Gasteiger partial charge in [0.15, 0.2) is 0 Å². The van der Waals surface area contributed by atoms with Crippen LogP contribution < -0.4 is 10.1 Å². The van der Waals surface area contributed by atoms with Crippen LogP contribution in [0.15, 0.2) is 30.5 Å². The van der Waals surface area contributed by atoms with Crippen molar-refractivity contribution in [2.45, 2.75) is 46.6 Å². The molecule has 0 aliphatic carbocycles. The van der Waals surface area contributed by atoms with Crippen LogP contribution in [-0.2, 0) is 6.54 Å². The predicted molar refractivity (Wildman–Crippen MR) is 100 cm³/mol. The molecule has 0 aliphatic heterocycles. The van der Waals surface area contributed by atoms with Crippen LogP contribution >= 0.6 is 0 Å². The zero-order chi connectivity index (χ0) is 17.4. The van der Waals surface area contributed by atoms with E-state index >= 15 is 0 Å². The molecular formula is C21H26N2O. The lowest BCUT2D eigenvalue weighted by Gasteiger charge is -2.14. The third-order valence-electron chi connectivity index (χ3n) is 3.92. The molecule has 2 rings (SSSR count). The molecule has 126 valence electrons. The highest BCUT2D eigenvalue weighted by atomic mass is 16.5. The van der Waals surface area contributed by atoms with Crippen molar-refractivity contribution in [3.8, 4) is 18.1 Å². The molecular weight excluding hydrogens is 296 g/mol. The summed E-state index contributed by atoms with van der Waals surface area (Å²) in [6.45, 7) is 7.72. The molecule has 0 saturated heterocycles. The van der Waals surface area contributed by atoms with E-state index in [0.717, 1.165) is 41.3 Å². The number of nitrogens with one attached hydrogen (secondary N) is 1. The number of pyridine rings is 1. The highest BCUT2D eigenvalue weighted by molar-refractivity contribution is 5.49. The van der Waals surface area contributed by atoms with Crippen LogP contribution in [0.1, 0.15) is 48.4 Å². The van der Waals surface area contributed by atoms with Crippen molar-refractivity contribution in [1.29, 1.82) is 0 Å². The molecule has 0 aliphatic rings. The third-order valence-corrected chi connectivity index (χ3v) is 3.92. The van der Waals surface area contributed by atoms with E-state index in [1.54, 1.807) is 6.20 Å². The molecule has 0 unspecified atom stereocenters. The molecule has 1 aromatic heterocycles. The first-order valence-corrected chi connectivity index (χ1v) is 8.53. The fraction of sp³-hybridized carbons (Fsp3) is 0.381. The van der Waals surface area contributed by atoms with Gasteiger partial charge >= 0.3 is 0 Å². The Labute approximate surface area is 145 Å². The summed E-state index contributed by atoms with van der Waals surface area (Å²) in [6.07, 6.45) is 10.6. The average Bonchev–Trinajstić information content (AvgIpc) is 2.58. The Morgan fingerprint density at radius 1 is 1.21 bits per heavy atom. The van der Waals surface area contributed by atoms with E-state index in [2.05, 4.69) is 48.3 Å². The Balaban J connectivity index is 2.05. The Kier molecular flexibility index (Phi) is 6.69. The third kappa shape index (κ3) is 5.03. The van der Waals surface area contributed by atoms with Crippen LogP contribution in [0.3, 0.4) is 0 Å². The van der Waals surface area contributed by atoms with E-state index in [1.165, 1.54) is 18.4 Å². The minimum atomic E-state index is 0.673. The summed E-state index contributed by atoms with van der Waals surface area (Å²) in [5, 5.41) is 3.38. The normalized spacial score (nSPS) is 10.2. The van der Waals surface area contributed by atoms with Crippen LogP contribution in [0.5, 0.6) is 5.75 Å². The molecule has 0 spiro atoms. The monoisotopic (exact) mass is 322 g/mol. The summed E-state index contributed by atoms with van der Waals surface area (Å²) in [5.41, 5.74) is 4.19. The van der Waals surface area contributed by atoms with Gasteiger partial charge in [-0.1, -0.05) is 37.8 Å². The molecule has 2 aromatic rings. The number of anilines is 1. The van der Waals surface area contributed by atoms with Crippen LogP contribution in [-0.4, -0.2) is 11.6 Å². The number of benzene rings is 1. The number of hydrogen-bond donors (Lipinski definition) is 1. The first-order chi connectivity index (χ1) is 11.6. The van der Waals surface area contributed by atoms with E-state index in [-0.39, 0.29) is 0 Å². The SMILES string of the molecule is C#Cc1cnc(NCc2ccc(C)cc2OCCCCC)c(C)c1. The van der Waals surface area contributed by atoms with Gasteiger partial charge in [0.25, 0.3) is 0 Å². The maximum atomic E-state index is 5.99. The number of unbranched alkanes of at least 4 members (excludes halogenated alkanes) is 2. The zero-order valence-electron chi connectivity index (χ0n) is 14.9. The maximum absolute atomic E-state index is 5.99. The van der Waals surface area contributed by atoms with E-state index < -0.39 is 0 Å². The summed E-state index contributed by atoms with van der Waals surface area (Å²) in [5.74, 6) is 4.42. The standard InChI is InChI=1S/C21H26N2O/c1-5-7-8-11-24-20-12-16(3)9-10-19(20)15-23-21-17(4)13-18(6-2)14-22-21/h2,9-10,12-14H,5,7-8,11,15H2,1,3-4H3,(H,22,23). The van der Waals surface area contributed by atoms with Crippen molar-refractivity contribution in [2.24, 2.45) is 0 Å². The lowest BCUT2D eigenvalue weighted by molar-refractivity contribution is 0.303. The van der Waals surface area contributed by atoms with Crippen molar-refractivity contribution < 1.29 is 4.74 Å². The van der Waals surface area contributed by atoms with Crippen molar-refractivity contribution in [3.63, 3.8) is 0 Å². The van der Waals surface area contributed by atoms with Gasteiger partial charge in [-0.3, -0.25) is 0 Å². The first-order valence-electron chi connectivity index (χ1n) is 8.53. The molecule has 0 amide bonds. The Hall–Kier alpha value is -2.47. The molecule has 0 bridgehead atoms. The van der Waals surface area contributed by atoms with Gasteiger partial charge in [0.1, 0.15) is 11.6 Å². The summed E-state index contributed by atoms with van der Waals surface area (Å²) in [7, 11) is 0. The quantitative estimate of drug-likeness (QED) is 0.556. The molecule has 1 N–H and O–H groups in total. The summed E-state index contributed by atoms with van der Waals surface area (Å²) < 4.78 is 5.99. The molecule has 0 radical (unpaired) electrons. The van der Waals surface area contributed by atoms with E-state index in [1.807, 2.05) is 13.0 Å². The number of nitrogens with zero attached hydrogens (tertiary/aromatic N) is 1. The second-order valence-corrected chi connectivity index (χ2v) is 6.05. The smallest absolute Gasteiger partial charge is 0.129 e. The van der Waals surface area contributed by atoms with Gasteiger partial charge in [-0.25, -0.2) is 4.98 Å². The number of aryl methyl sites for hydroxylation is 2. The molecule has 1 heterocycles. The van der Waals surface area contributed by atoms with Crippen LogP contribution in [0.4, 0.5) is 5.82 Å². The fourth-order valence-corrected chi connectivity index (χ4v) is 2.49. The van der Waals surface area contributed by atoms with E-state index in [4.69, 9.17) is 11.2 Å². The average molecular weight is 322 g/mol. The highest BCUT2D eigenvalue weighted by Gasteiger charge is 2.06. The largest absolute Gasteiger partial charge is 0.493 e. The first kappa shape index (κ1) is 17.9. The molecule has 0 saturated carbocycles. The zero-order valence-corrected chi connectivity index (χ0v) is 14.9. The summed E-state index contributed by atoms with van der Waals surface area (Å²) in [4.78, 5) is 4.40. The van der Waals surface area contributed by atoms with Crippen molar-refractivity contribution in [1.82, 2.24) is 4.98 Å². The van der Waals surface area contributed by atoms with Gasteiger partial charge in [0, 0.05) is 23.9 Å². The number of terminal acetylenes is 1. The van der Waals surface area contributed by atoms with Crippen molar-refractivity contribution >= 4 is 5.82 Å². The summed E-state index contributed by atoms with van der Waals surface area (Å²) >= 11 is 0. The van der Waals surface area contributed by atoms with Gasteiger partial charge in [-0.2, -0.15) is 0 Å². The van der Waals surface area contributed by atoms with Crippen LogP contribution in [0.2, 0.25) is 0 Å². The van der Waals surface area contributed by atoms with Gasteiger partial charge in [-0.05, 0) is 43.5 Å². The summed E-state index contributed by atoms with van der Waals surface area (Å²) in [6, 6.07) is 8.29. The highest BCUT2D eigenvalue weighted by Crippen LogP contribution is 2.22. The Morgan fingerprint density at radius 2 is 2.04 bits per heavy atom. The van der Waals surface area contributed by atoms with Gasteiger partial charge < -0.3 is 10.1 Å². The second-order valence-electron chi connectivity index (χ2n) is 6.05. The Bertz CT molecular complexity index is 716. The molecule has 3 heteroatoms. The molecule has 0 fully saturated rings. The molecule has 0 atom stereocenters. The minimum Gasteiger partial charge on any atom is -0.493 e. The molecule has 1 aromatic carbocycles. The van der Waals surface area contributed by atoms with E-state index in [9.17, 15) is 0 Å². The number of rotatable bonds is 8. The van der Waals surface area contributed by atoms with Gasteiger partial charge in [0.2, 0.25) is 0 Å². The number of aromatic nitrogens is 1. The van der Waals surface area contributed by atoms with Gasteiger partial charge in [0.05, 0.1) is 6.61 Å². The lowest BCUT2D eigenvalue weighted by Crippen LogP contribution is -2.07. The lowest BCUT2D eigenvalue weighted by atomic mass is 10.1. The number of hydrogen-bond acceptors (Lipinski definition) is 3. The predicted octanol–water partition coefficient (Wildman–Crippen LogP) is 4.86. The van der Waals surface area contributed by atoms with Crippen LogP contribution in [0.25, 0.3) is 0 Å². The second kappa shape index (κ2) is 8.98. The Morgan fingerprint density at radius 3 is 2.75 bits per heavy atom. The number of ether oxygens (including phenoxy) is 1. The van der Waals surface area contributed by atoms with Crippen molar-refractivity contribution in [3.05, 3.63) is 52.7 Å². The fourth-order valence-electron chi connectivity index (χ4n) is 2.49. The van der Waals surface area contributed by atoms with Gasteiger partial charge in [-0.15, -0.1) is 6.42 Å². The van der Waals surface area contributed by atoms with Crippen LogP contribution in [0, 0.1) is 26.2 Å². The molecule has 24 heavy (non-hydrogen) atoms. The minimum absolute atomic E-state index is 0.673. The van der Waals surface area contributed by atoms with Crippen molar-refractivity contribution in [2.75, 3.05) is 11.9 Å². The topological polar surface area (TPSA) is 34.2 Å². The van der Waals surface area contributed by atoms with E-state index in [0.29, 0.717) is 6.54 Å².